The van der Waals surface area contributed by atoms with Gasteiger partial charge in [0, 0.05) is 19.3 Å². The monoisotopic (exact) mass is 849 g/mol. The molecule has 0 aromatic carbocycles. The zero-order chi connectivity index (χ0) is 43.8. The average Bonchev–Trinajstić information content (AvgIpc) is 3.23. The summed E-state index contributed by atoms with van der Waals surface area (Å²) in [5.74, 6) is -0.0286. The molecule has 0 saturated heterocycles. The van der Waals surface area contributed by atoms with Crippen molar-refractivity contribution in [1.82, 2.24) is 0 Å². The maximum Gasteiger partial charge on any atom is 0.306 e. The first-order valence-corrected chi connectivity index (χ1v) is 26.9. The lowest BCUT2D eigenvalue weighted by Crippen LogP contribution is -2.30. The zero-order valence-corrected chi connectivity index (χ0v) is 40.9. The first-order chi connectivity index (χ1) is 29.4. The predicted molar refractivity (Wildman–Crippen MR) is 257 cm³/mol. The van der Waals surface area contributed by atoms with Crippen LogP contribution in [0.2, 0.25) is 0 Å². The second kappa shape index (κ2) is 48.4. The van der Waals surface area contributed by atoms with E-state index in [-0.39, 0.29) is 31.1 Å². The molecule has 6 heteroatoms. The lowest BCUT2D eigenvalue weighted by atomic mass is 10.0. The Morgan fingerprint density at radius 1 is 0.317 bits per heavy atom. The fourth-order valence-corrected chi connectivity index (χ4v) is 8.22. The van der Waals surface area contributed by atoms with Crippen molar-refractivity contribution in [1.29, 1.82) is 0 Å². The minimum absolute atomic E-state index is 0.0628. The standard InChI is InChI=1S/C54H104O6/c1-5-7-9-11-13-15-17-18-19-20-21-22-23-24-25-30-34-38-42-46-53(56)59-49-51(48-58-52(55)45-41-37-33-29-16-14-12-10-8-6-2)60-54(57)47-43-39-35-31-27-26-28-32-36-40-44-50(3)4/h50-51H,5-49H2,1-4H3/t51-/m1/s1. The molecule has 0 spiro atoms. The molecule has 0 aromatic rings. The van der Waals surface area contributed by atoms with E-state index >= 15 is 0 Å². The third kappa shape index (κ3) is 47.5. The van der Waals surface area contributed by atoms with E-state index in [1.165, 1.54) is 199 Å². The maximum atomic E-state index is 12.8. The van der Waals surface area contributed by atoms with Crippen LogP contribution < -0.4 is 0 Å². The summed E-state index contributed by atoms with van der Waals surface area (Å²) in [6.45, 7) is 9.01. The highest BCUT2D eigenvalue weighted by Crippen LogP contribution is 2.17. The van der Waals surface area contributed by atoms with Gasteiger partial charge in [-0.05, 0) is 25.2 Å². The fourth-order valence-electron chi connectivity index (χ4n) is 8.22. The van der Waals surface area contributed by atoms with Gasteiger partial charge in [0.05, 0.1) is 0 Å². The van der Waals surface area contributed by atoms with Crippen molar-refractivity contribution in [3.8, 4) is 0 Å². The Kier molecular flexibility index (Phi) is 47.2. The molecule has 0 bridgehead atoms. The van der Waals surface area contributed by atoms with Crippen LogP contribution in [0.1, 0.15) is 304 Å². The van der Waals surface area contributed by atoms with Crippen LogP contribution in [0.4, 0.5) is 0 Å². The molecule has 60 heavy (non-hydrogen) atoms. The highest BCUT2D eigenvalue weighted by molar-refractivity contribution is 5.71. The van der Waals surface area contributed by atoms with Crippen molar-refractivity contribution in [3.63, 3.8) is 0 Å². The van der Waals surface area contributed by atoms with Gasteiger partial charge in [-0.3, -0.25) is 14.4 Å². The predicted octanol–water partition coefficient (Wildman–Crippen LogP) is 17.5. The molecule has 0 radical (unpaired) electrons. The molecule has 356 valence electrons. The molecular formula is C54H104O6. The van der Waals surface area contributed by atoms with Gasteiger partial charge >= 0.3 is 17.9 Å². The molecular weight excluding hydrogens is 745 g/mol. The summed E-state index contributed by atoms with van der Waals surface area (Å²) in [6.07, 6.45) is 51.0. The third-order valence-corrected chi connectivity index (χ3v) is 12.3. The molecule has 0 unspecified atom stereocenters. The van der Waals surface area contributed by atoms with Crippen LogP contribution in [0.25, 0.3) is 0 Å². The van der Waals surface area contributed by atoms with E-state index in [4.69, 9.17) is 14.2 Å². The molecule has 0 saturated carbocycles. The van der Waals surface area contributed by atoms with Crippen LogP contribution in [0.15, 0.2) is 0 Å². The van der Waals surface area contributed by atoms with E-state index in [1.54, 1.807) is 0 Å². The molecule has 0 aliphatic carbocycles. The third-order valence-electron chi connectivity index (χ3n) is 12.3. The van der Waals surface area contributed by atoms with Gasteiger partial charge in [-0.2, -0.15) is 0 Å². The minimum atomic E-state index is -0.760. The van der Waals surface area contributed by atoms with Crippen molar-refractivity contribution in [2.45, 2.75) is 310 Å². The summed E-state index contributed by atoms with van der Waals surface area (Å²) in [6, 6.07) is 0. The Balaban J connectivity index is 4.23. The van der Waals surface area contributed by atoms with Crippen molar-refractivity contribution >= 4 is 17.9 Å². The second-order valence-electron chi connectivity index (χ2n) is 19.0. The van der Waals surface area contributed by atoms with Gasteiger partial charge in [-0.15, -0.1) is 0 Å². The summed E-state index contributed by atoms with van der Waals surface area (Å²) < 4.78 is 16.8. The average molecular weight is 849 g/mol. The molecule has 0 fully saturated rings. The van der Waals surface area contributed by atoms with E-state index in [0.717, 1.165) is 63.7 Å². The smallest absolute Gasteiger partial charge is 0.306 e. The first-order valence-electron chi connectivity index (χ1n) is 26.9. The number of carbonyl (C=O) groups excluding carboxylic acids is 3. The lowest BCUT2D eigenvalue weighted by Gasteiger charge is -2.18. The number of esters is 3. The van der Waals surface area contributed by atoms with Crippen molar-refractivity contribution in [2.75, 3.05) is 13.2 Å². The van der Waals surface area contributed by atoms with Gasteiger partial charge in [-0.25, -0.2) is 0 Å². The number of ether oxygens (including phenoxy) is 3. The van der Waals surface area contributed by atoms with E-state index in [9.17, 15) is 14.4 Å². The van der Waals surface area contributed by atoms with E-state index in [0.29, 0.717) is 19.3 Å². The Hall–Kier alpha value is -1.59. The van der Waals surface area contributed by atoms with Gasteiger partial charge in [0.25, 0.3) is 0 Å². The van der Waals surface area contributed by atoms with Crippen molar-refractivity contribution < 1.29 is 28.6 Å². The quantitative estimate of drug-likeness (QED) is 0.0345. The number of hydrogen-bond acceptors (Lipinski definition) is 6. The Bertz CT molecular complexity index is 903. The first kappa shape index (κ1) is 58.4. The highest BCUT2D eigenvalue weighted by atomic mass is 16.6. The van der Waals surface area contributed by atoms with E-state index in [2.05, 4.69) is 27.7 Å². The summed E-state index contributed by atoms with van der Waals surface area (Å²) in [5, 5.41) is 0. The SMILES string of the molecule is CCCCCCCCCCCCCCCCCCCCCC(=O)OC[C@@H](COC(=O)CCCCCCCCCCCC)OC(=O)CCCCCCCCCCCCC(C)C. The minimum Gasteiger partial charge on any atom is -0.462 e. The van der Waals surface area contributed by atoms with Crippen LogP contribution >= 0.6 is 0 Å². The van der Waals surface area contributed by atoms with Crippen LogP contribution in [-0.2, 0) is 28.6 Å². The van der Waals surface area contributed by atoms with Crippen LogP contribution in [-0.4, -0.2) is 37.2 Å². The van der Waals surface area contributed by atoms with Gasteiger partial charge in [-0.1, -0.05) is 265 Å². The van der Waals surface area contributed by atoms with Gasteiger partial charge < -0.3 is 14.2 Å². The highest BCUT2D eigenvalue weighted by Gasteiger charge is 2.19. The molecule has 0 amide bonds. The zero-order valence-electron chi connectivity index (χ0n) is 40.9. The lowest BCUT2D eigenvalue weighted by molar-refractivity contribution is -0.167. The fraction of sp³-hybridized carbons (Fsp3) is 0.944. The van der Waals surface area contributed by atoms with Crippen LogP contribution in [0.3, 0.4) is 0 Å². The van der Waals surface area contributed by atoms with Crippen molar-refractivity contribution in [2.24, 2.45) is 5.92 Å². The van der Waals surface area contributed by atoms with Gasteiger partial charge in [0.1, 0.15) is 13.2 Å². The Morgan fingerprint density at radius 2 is 0.550 bits per heavy atom. The number of rotatable bonds is 49. The molecule has 0 aliphatic rings. The molecule has 0 aromatic heterocycles. The molecule has 0 heterocycles. The topological polar surface area (TPSA) is 78.9 Å². The summed E-state index contributed by atoms with van der Waals surface area (Å²) in [4.78, 5) is 37.9. The van der Waals surface area contributed by atoms with E-state index in [1.807, 2.05) is 0 Å². The molecule has 1 atom stereocenters. The number of carbonyl (C=O) groups is 3. The number of hydrogen-bond donors (Lipinski definition) is 0. The van der Waals surface area contributed by atoms with Crippen LogP contribution in [0.5, 0.6) is 0 Å². The molecule has 6 nitrogen and oxygen atoms in total. The van der Waals surface area contributed by atoms with Crippen LogP contribution in [0, 0.1) is 5.92 Å². The van der Waals surface area contributed by atoms with Crippen molar-refractivity contribution in [3.05, 3.63) is 0 Å². The summed E-state index contributed by atoms with van der Waals surface area (Å²) >= 11 is 0. The van der Waals surface area contributed by atoms with Gasteiger partial charge in [0.2, 0.25) is 0 Å². The maximum absolute atomic E-state index is 12.8. The summed E-state index contributed by atoms with van der Waals surface area (Å²) in [7, 11) is 0. The molecule has 0 aliphatic heterocycles. The largest absolute Gasteiger partial charge is 0.462 e. The number of unbranched alkanes of at least 4 members (excludes halogenated alkanes) is 36. The molecule has 0 N–H and O–H groups in total. The Morgan fingerprint density at radius 3 is 0.817 bits per heavy atom. The second-order valence-corrected chi connectivity index (χ2v) is 19.0. The van der Waals surface area contributed by atoms with Gasteiger partial charge in [0.15, 0.2) is 6.10 Å². The Labute approximate surface area is 374 Å². The normalized spacial score (nSPS) is 11.9. The summed E-state index contributed by atoms with van der Waals surface area (Å²) in [5.41, 5.74) is 0. The van der Waals surface area contributed by atoms with E-state index < -0.39 is 6.10 Å². The molecule has 0 rings (SSSR count).